The van der Waals surface area contributed by atoms with E-state index in [4.69, 9.17) is 5.11 Å². The molecule has 0 aromatic heterocycles. The van der Waals surface area contributed by atoms with Gasteiger partial charge in [-0.3, -0.25) is 4.79 Å². The lowest BCUT2D eigenvalue weighted by Gasteiger charge is -2.19. The van der Waals surface area contributed by atoms with Crippen LogP contribution in [0.1, 0.15) is 20.3 Å². The summed E-state index contributed by atoms with van der Waals surface area (Å²) in [4.78, 5) is 11.3. The molecule has 0 aliphatic heterocycles. The van der Waals surface area contributed by atoms with Crippen LogP contribution in [0.15, 0.2) is 0 Å². The van der Waals surface area contributed by atoms with Crippen molar-refractivity contribution in [1.29, 1.82) is 0 Å². The minimum absolute atomic E-state index is 0.0556. The summed E-state index contributed by atoms with van der Waals surface area (Å²) in [5, 5.41) is 11.4. The monoisotopic (exact) mass is 257 g/mol. The van der Waals surface area contributed by atoms with Gasteiger partial charge in [0.1, 0.15) is 6.61 Å². The maximum Gasteiger partial charge on any atom is 0.411 e. The Hall–Kier alpha value is -0.820. The molecule has 1 atom stereocenters. The van der Waals surface area contributed by atoms with Crippen LogP contribution in [-0.4, -0.2) is 43.1 Å². The Morgan fingerprint density at radius 2 is 2.00 bits per heavy atom. The fourth-order valence-electron chi connectivity index (χ4n) is 1.05. The third kappa shape index (κ3) is 8.93. The molecule has 17 heavy (non-hydrogen) atoms. The lowest BCUT2D eigenvalue weighted by atomic mass is 10.1. The van der Waals surface area contributed by atoms with Crippen molar-refractivity contribution < 1.29 is 27.8 Å². The number of nitrogens with one attached hydrogen (secondary N) is 1. The number of alkyl halides is 3. The normalized spacial score (nSPS) is 13.8. The summed E-state index contributed by atoms with van der Waals surface area (Å²) in [5.74, 6) is -0.375. The van der Waals surface area contributed by atoms with E-state index in [-0.39, 0.29) is 31.6 Å². The summed E-state index contributed by atoms with van der Waals surface area (Å²) >= 11 is 0. The Balaban J connectivity index is 3.73. The SMILES string of the molecule is CC(C)C(CO)NC(=O)CCOCC(F)(F)F. The van der Waals surface area contributed by atoms with E-state index in [9.17, 15) is 18.0 Å². The standard InChI is InChI=1S/C10H18F3NO3/c1-7(2)8(5-15)14-9(16)3-4-17-6-10(11,12)13/h7-8,15H,3-6H2,1-2H3,(H,14,16). The van der Waals surface area contributed by atoms with Crippen molar-refractivity contribution in [1.82, 2.24) is 5.32 Å². The predicted molar refractivity (Wildman–Crippen MR) is 55.3 cm³/mol. The summed E-state index contributed by atoms with van der Waals surface area (Å²) in [5.41, 5.74) is 0. The Morgan fingerprint density at radius 1 is 1.41 bits per heavy atom. The second kappa shape index (κ2) is 7.50. The number of hydrogen-bond acceptors (Lipinski definition) is 3. The molecule has 1 amide bonds. The zero-order valence-corrected chi connectivity index (χ0v) is 9.88. The Labute approximate surface area is 98.1 Å². The van der Waals surface area contributed by atoms with Crippen molar-refractivity contribution in [3.8, 4) is 0 Å². The third-order valence-electron chi connectivity index (χ3n) is 2.09. The number of amides is 1. The van der Waals surface area contributed by atoms with Gasteiger partial charge in [0.05, 0.1) is 19.3 Å². The molecule has 0 rings (SSSR count). The number of rotatable bonds is 7. The molecule has 4 nitrogen and oxygen atoms in total. The summed E-state index contributed by atoms with van der Waals surface area (Å²) in [6.07, 6.45) is -4.53. The molecule has 0 spiro atoms. The summed E-state index contributed by atoms with van der Waals surface area (Å²) in [7, 11) is 0. The topological polar surface area (TPSA) is 58.6 Å². The predicted octanol–water partition coefficient (Wildman–Crippen LogP) is 1.09. The molecule has 0 fully saturated rings. The molecule has 0 aromatic carbocycles. The van der Waals surface area contributed by atoms with E-state index >= 15 is 0 Å². The first-order valence-corrected chi connectivity index (χ1v) is 5.31. The minimum Gasteiger partial charge on any atom is -0.394 e. The highest BCUT2D eigenvalue weighted by Gasteiger charge is 2.27. The number of carbonyl (C=O) groups excluding carboxylic acids is 1. The second-order valence-corrected chi connectivity index (χ2v) is 4.02. The van der Waals surface area contributed by atoms with E-state index in [1.54, 1.807) is 0 Å². The molecule has 0 heterocycles. The summed E-state index contributed by atoms with van der Waals surface area (Å²) in [6.45, 7) is 1.80. The molecule has 0 saturated carbocycles. The van der Waals surface area contributed by atoms with Crippen LogP contribution in [0.5, 0.6) is 0 Å². The van der Waals surface area contributed by atoms with E-state index < -0.39 is 18.7 Å². The van der Waals surface area contributed by atoms with E-state index in [1.165, 1.54) is 0 Å². The first kappa shape index (κ1) is 16.2. The molecule has 0 bridgehead atoms. The molecule has 0 aromatic rings. The molecule has 1 unspecified atom stereocenters. The number of aliphatic hydroxyl groups excluding tert-OH is 1. The van der Waals surface area contributed by atoms with Gasteiger partial charge in [0, 0.05) is 6.42 Å². The van der Waals surface area contributed by atoms with Crippen molar-refractivity contribution in [2.75, 3.05) is 19.8 Å². The van der Waals surface area contributed by atoms with Crippen LogP contribution in [0.2, 0.25) is 0 Å². The molecule has 102 valence electrons. The van der Waals surface area contributed by atoms with Crippen molar-refractivity contribution in [3.63, 3.8) is 0 Å². The number of ether oxygens (including phenoxy) is 1. The molecule has 0 aliphatic carbocycles. The van der Waals surface area contributed by atoms with Crippen LogP contribution >= 0.6 is 0 Å². The number of halogens is 3. The van der Waals surface area contributed by atoms with Crippen LogP contribution in [-0.2, 0) is 9.53 Å². The lowest BCUT2D eigenvalue weighted by Crippen LogP contribution is -2.41. The van der Waals surface area contributed by atoms with Crippen LogP contribution in [0, 0.1) is 5.92 Å². The van der Waals surface area contributed by atoms with Crippen LogP contribution in [0.25, 0.3) is 0 Å². The van der Waals surface area contributed by atoms with Gasteiger partial charge in [-0.05, 0) is 5.92 Å². The summed E-state index contributed by atoms with van der Waals surface area (Å²) < 4.78 is 39.4. The Kier molecular flexibility index (Phi) is 7.13. The average Bonchev–Trinajstić information content (AvgIpc) is 2.19. The van der Waals surface area contributed by atoms with E-state index in [0.717, 1.165) is 0 Å². The Morgan fingerprint density at radius 3 is 2.41 bits per heavy atom. The number of carbonyl (C=O) groups is 1. The maximum atomic E-state index is 11.7. The highest BCUT2D eigenvalue weighted by Crippen LogP contribution is 2.14. The largest absolute Gasteiger partial charge is 0.411 e. The van der Waals surface area contributed by atoms with Crippen molar-refractivity contribution in [2.24, 2.45) is 5.92 Å². The molecule has 0 aliphatic rings. The first-order chi connectivity index (χ1) is 7.76. The second-order valence-electron chi connectivity index (χ2n) is 4.02. The maximum absolute atomic E-state index is 11.7. The fourth-order valence-corrected chi connectivity index (χ4v) is 1.05. The van der Waals surface area contributed by atoms with Crippen LogP contribution in [0.3, 0.4) is 0 Å². The number of hydrogen-bond donors (Lipinski definition) is 2. The number of aliphatic hydroxyl groups is 1. The highest BCUT2D eigenvalue weighted by molar-refractivity contribution is 5.76. The minimum atomic E-state index is -4.37. The molecule has 7 heteroatoms. The van der Waals surface area contributed by atoms with Gasteiger partial charge >= 0.3 is 6.18 Å². The van der Waals surface area contributed by atoms with Gasteiger partial charge in [-0.15, -0.1) is 0 Å². The van der Waals surface area contributed by atoms with Gasteiger partial charge in [-0.2, -0.15) is 13.2 Å². The summed E-state index contributed by atoms with van der Waals surface area (Å²) in [6, 6.07) is -0.384. The van der Waals surface area contributed by atoms with Gasteiger partial charge in [0.25, 0.3) is 0 Å². The lowest BCUT2D eigenvalue weighted by molar-refractivity contribution is -0.174. The zero-order chi connectivity index (χ0) is 13.5. The average molecular weight is 257 g/mol. The van der Waals surface area contributed by atoms with Crippen molar-refractivity contribution in [3.05, 3.63) is 0 Å². The molecular weight excluding hydrogens is 239 g/mol. The molecule has 0 radical (unpaired) electrons. The fraction of sp³-hybridized carbons (Fsp3) is 0.900. The van der Waals surface area contributed by atoms with E-state index in [2.05, 4.69) is 10.1 Å². The third-order valence-corrected chi connectivity index (χ3v) is 2.09. The smallest absolute Gasteiger partial charge is 0.394 e. The van der Waals surface area contributed by atoms with Crippen molar-refractivity contribution in [2.45, 2.75) is 32.5 Å². The van der Waals surface area contributed by atoms with Gasteiger partial charge in [0.2, 0.25) is 5.91 Å². The van der Waals surface area contributed by atoms with E-state index in [0.29, 0.717) is 0 Å². The zero-order valence-electron chi connectivity index (χ0n) is 9.88. The van der Waals surface area contributed by atoms with Gasteiger partial charge in [-0.1, -0.05) is 13.8 Å². The molecular formula is C10H18F3NO3. The van der Waals surface area contributed by atoms with Crippen LogP contribution in [0.4, 0.5) is 13.2 Å². The van der Waals surface area contributed by atoms with Crippen LogP contribution < -0.4 is 5.32 Å². The quantitative estimate of drug-likeness (QED) is 0.671. The highest BCUT2D eigenvalue weighted by atomic mass is 19.4. The first-order valence-electron chi connectivity index (χ1n) is 5.31. The van der Waals surface area contributed by atoms with Gasteiger partial charge < -0.3 is 15.2 Å². The molecule has 2 N–H and O–H groups in total. The van der Waals surface area contributed by atoms with Crippen molar-refractivity contribution >= 4 is 5.91 Å². The van der Waals surface area contributed by atoms with E-state index in [1.807, 2.05) is 13.8 Å². The Bertz CT molecular complexity index is 231. The van der Waals surface area contributed by atoms with Gasteiger partial charge in [0.15, 0.2) is 0 Å². The van der Waals surface area contributed by atoms with Gasteiger partial charge in [-0.25, -0.2) is 0 Å². The molecule has 0 saturated heterocycles.